The molecule has 5 heteroatoms. The van der Waals surface area contributed by atoms with Crippen molar-refractivity contribution in [2.24, 2.45) is 0 Å². The van der Waals surface area contributed by atoms with Gasteiger partial charge in [-0.2, -0.15) is 0 Å². The molecule has 4 nitrogen and oxygen atoms in total. The van der Waals surface area contributed by atoms with Crippen LogP contribution in [-0.4, -0.2) is 36.1 Å². The molecule has 0 saturated heterocycles. The molecule has 0 aliphatic rings. The van der Waals surface area contributed by atoms with Gasteiger partial charge in [0.05, 0.1) is 16.4 Å². The number of nitrogens with zero attached hydrogens (tertiary/aromatic N) is 2. The molecule has 0 unspecified atom stereocenters. The molecule has 17 heavy (non-hydrogen) atoms. The molecule has 1 rings (SSSR count). The Balaban J connectivity index is 2.81. The lowest BCUT2D eigenvalue weighted by Crippen LogP contribution is -2.43. The van der Waals surface area contributed by atoms with Crippen LogP contribution >= 0.6 is 15.9 Å². The molecule has 2 N–H and O–H groups in total. The Labute approximate surface area is 111 Å². The van der Waals surface area contributed by atoms with Crippen LogP contribution in [-0.2, 0) is 0 Å². The highest BCUT2D eigenvalue weighted by atomic mass is 79.9. The number of ether oxygens (including phenoxy) is 1. The molecule has 0 aromatic carbocycles. The molecule has 0 spiro atoms. The summed E-state index contributed by atoms with van der Waals surface area (Å²) in [5, 5.41) is 0. The maximum Gasteiger partial charge on any atom is 0.228 e. The molecule has 96 valence electrons. The first-order valence-corrected chi connectivity index (χ1v) is 6.26. The van der Waals surface area contributed by atoms with Crippen LogP contribution < -0.4 is 10.5 Å². The van der Waals surface area contributed by atoms with E-state index in [4.69, 9.17) is 10.5 Å². The molecule has 0 fully saturated rings. The topological polar surface area (TPSA) is 51.4 Å². The maximum atomic E-state index is 5.76. The van der Waals surface area contributed by atoms with Gasteiger partial charge in [0.2, 0.25) is 5.88 Å². The molecule has 1 aromatic heterocycles. The fourth-order valence-electron chi connectivity index (χ4n) is 1.04. The van der Waals surface area contributed by atoms with Gasteiger partial charge in [0, 0.05) is 5.54 Å². The highest BCUT2D eigenvalue weighted by molar-refractivity contribution is 9.10. The second kappa shape index (κ2) is 5.23. The van der Waals surface area contributed by atoms with Crippen LogP contribution in [0.5, 0.6) is 5.88 Å². The Kier molecular flexibility index (Phi) is 4.38. The van der Waals surface area contributed by atoms with Gasteiger partial charge in [-0.15, -0.1) is 0 Å². The Hall–Kier alpha value is -0.810. The second-order valence-electron chi connectivity index (χ2n) is 4.95. The fourth-order valence-corrected chi connectivity index (χ4v) is 1.49. The largest absolute Gasteiger partial charge is 0.475 e. The lowest BCUT2D eigenvalue weighted by molar-refractivity contribution is 0.110. The molecule has 0 saturated carbocycles. The van der Waals surface area contributed by atoms with Gasteiger partial charge in [0.1, 0.15) is 6.61 Å². The zero-order valence-corrected chi connectivity index (χ0v) is 12.6. The number of hydrogen-bond donors (Lipinski definition) is 1. The first-order valence-electron chi connectivity index (χ1n) is 5.46. The van der Waals surface area contributed by atoms with Crippen LogP contribution in [0, 0.1) is 6.92 Å². The molecule has 1 heterocycles. The number of aromatic nitrogens is 1. The van der Waals surface area contributed by atoms with Crippen molar-refractivity contribution in [3.63, 3.8) is 0 Å². The van der Waals surface area contributed by atoms with Gasteiger partial charge in [0.15, 0.2) is 0 Å². The van der Waals surface area contributed by atoms with Crippen LogP contribution in [0.25, 0.3) is 0 Å². The van der Waals surface area contributed by atoms with Crippen molar-refractivity contribution in [3.05, 3.63) is 16.2 Å². The van der Waals surface area contributed by atoms with Gasteiger partial charge in [-0.1, -0.05) is 0 Å². The lowest BCUT2D eigenvalue weighted by Gasteiger charge is -2.32. The summed E-state index contributed by atoms with van der Waals surface area (Å²) in [7, 11) is 4.06. The van der Waals surface area contributed by atoms with Crippen molar-refractivity contribution in [3.8, 4) is 5.88 Å². The Morgan fingerprint density at radius 2 is 2.06 bits per heavy atom. The Morgan fingerprint density at radius 1 is 1.47 bits per heavy atom. The molecular formula is C12H20BrN3O. The number of hydrogen-bond acceptors (Lipinski definition) is 4. The van der Waals surface area contributed by atoms with E-state index in [1.165, 1.54) is 0 Å². The quantitative estimate of drug-likeness (QED) is 0.928. The van der Waals surface area contributed by atoms with Gasteiger partial charge in [-0.05, 0) is 56.4 Å². The first-order chi connectivity index (χ1) is 7.75. The van der Waals surface area contributed by atoms with Crippen LogP contribution in [0.2, 0.25) is 0 Å². The van der Waals surface area contributed by atoms with Gasteiger partial charge < -0.3 is 15.4 Å². The van der Waals surface area contributed by atoms with Gasteiger partial charge in [-0.3, -0.25) is 0 Å². The number of anilines is 1. The van der Waals surface area contributed by atoms with Crippen LogP contribution in [0.3, 0.4) is 0 Å². The van der Waals surface area contributed by atoms with E-state index >= 15 is 0 Å². The molecule has 0 bridgehead atoms. The second-order valence-corrected chi connectivity index (χ2v) is 5.75. The van der Waals surface area contributed by atoms with Crippen LogP contribution in [0.1, 0.15) is 19.4 Å². The van der Waals surface area contributed by atoms with E-state index in [1.54, 1.807) is 6.20 Å². The first kappa shape index (κ1) is 14.3. The third kappa shape index (κ3) is 3.33. The number of pyridine rings is 1. The molecule has 0 radical (unpaired) electrons. The predicted octanol–water partition coefficient (Wildman–Crippen LogP) is 2.45. The summed E-state index contributed by atoms with van der Waals surface area (Å²) in [4.78, 5) is 6.30. The van der Waals surface area contributed by atoms with Gasteiger partial charge >= 0.3 is 0 Å². The summed E-state index contributed by atoms with van der Waals surface area (Å²) in [6.45, 7) is 6.73. The SMILES string of the molecule is Cc1c(N)cnc(OCC(C)(C)N(C)C)c1Br. The predicted molar refractivity (Wildman–Crippen MR) is 74.3 cm³/mol. The summed E-state index contributed by atoms with van der Waals surface area (Å²) in [6, 6.07) is 0. The monoisotopic (exact) mass is 301 g/mol. The molecule has 0 atom stereocenters. The fraction of sp³-hybridized carbons (Fsp3) is 0.583. The summed E-state index contributed by atoms with van der Waals surface area (Å²) in [5.74, 6) is 0.589. The van der Waals surface area contributed by atoms with E-state index in [-0.39, 0.29) is 5.54 Å². The summed E-state index contributed by atoms with van der Waals surface area (Å²) in [5.41, 5.74) is 7.34. The maximum absolute atomic E-state index is 5.76. The number of rotatable bonds is 4. The summed E-state index contributed by atoms with van der Waals surface area (Å²) in [6.07, 6.45) is 1.62. The van der Waals surface area contributed by atoms with Crippen molar-refractivity contribution >= 4 is 21.6 Å². The number of halogens is 1. The van der Waals surface area contributed by atoms with Crippen molar-refractivity contribution in [1.29, 1.82) is 0 Å². The van der Waals surface area contributed by atoms with Crippen LogP contribution in [0.15, 0.2) is 10.7 Å². The molecule has 1 aromatic rings. The highest BCUT2D eigenvalue weighted by Gasteiger charge is 2.22. The van der Waals surface area contributed by atoms with Gasteiger partial charge in [-0.25, -0.2) is 4.98 Å². The number of nitrogen functional groups attached to an aromatic ring is 1. The Morgan fingerprint density at radius 3 is 2.59 bits per heavy atom. The van der Waals surface area contributed by atoms with E-state index in [0.717, 1.165) is 10.0 Å². The number of nitrogens with two attached hydrogens (primary N) is 1. The minimum atomic E-state index is -0.0452. The summed E-state index contributed by atoms with van der Waals surface area (Å²) >= 11 is 3.45. The molecule has 0 amide bonds. The normalized spacial score (nSPS) is 11.9. The summed E-state index contributed by atoms with van der Waals surface area (Å²) < 4.78 is 6.57. The van der Waals surface area contributed by atoms with Crippen molar-refractivity contribution in [1.82, 2.24) is 9.88 Å². The lowest BCUT2D eigenvalue weighted by atomic mass is 10.1. The van der Waals surface area contributed by atoms with E-state index < -0.39 is 0 Å². The third-order valence-electron chi connectivity index (χ3n) is 3.04. The zero-order chi connectivity index (χ0) is 13.2. The third-order valence-corrected chi connectivity index (χ3v) is 3.98. The van der Waals surface area contributed by atoms with E-state index in [9.17, 15) is 0 Å². The van der Waals surface area contributed by atoms with Crippen LogP contribution in [0.4, 0.5) is 5.69 Å². The van der Waals surface area contributed by atoms with Gasteiger partial charge in [0.25, 0.3) is 0 Å². The molecular weight excluding hydrogens is 282 g/mol. The minimum Gasteiger partial charge on any atom is -0.475 e. The van der Waals surface area contributed by atoms with E-state index in [2.05, 4.69) is 39.7 Å². The zero-order valence-electron chi connectivity index (χ0n) is 11.0. The van der Waals surface area contributed by atoms with Crippen molar-refractivity contribution in [2.75, 3.05) is 26.4 Å². The highest BCUT2D eigenvalue weighted by Crippen LogP contribution is 2.30. The van der Waals surface area contributed by atoms with Crippen molar-refractivity contribution in [2.45, 2.75) is 26.3 Å². The average molecular weight is 302 g/mol. The molecule has 0 aliphatic carbocycles. The number of likely N-dealkylation sites (N-methyl/N-ethyl adjacent to an activating group) is 1. The van der Waals surface area contributed by atoms with Crippen molar-refractivity contribution < 1.29 is 4.74 Å². The smallest absolute Gasteiger partial charge is 0.228 e. The Bertz CT molecular complexity index is 405. The van der Waals surface area contributed by atoms with E-state index in [1.807, 2.05) is 21.0 Å². The average Bonchev–Trinajstić information content (AvgIpc) is 2.25. The molecule has 0 aliphatic heterocycles. The van der Waals surface area contributed by atoms with E-state index in [0.29, 0.717) is 18.2 Å². The standard InChI is InChI=1S/C12H20BrN3O/c1-8-9(14)6-15-11(10(8)13)17-7-12(2,3)16(4)5/h6H,7,14H2,1-5H3. The minimum absolute atomic E-state index is 0.0452.